The smallest absolute Gasteiger partial charge is 0.254 e. The third-order valence-electron chi connectivity index (χ3n) is 6.21. The van der Waals surface area contributed by atoms with E-state index in [4.69, 9.17) is 0 Å². The van der Waals surface area contributed by atoms with E-state index in [2.05, 4.69) is 47.1 Å². The van der Waals surface area contributed by atoms with Crippen LogP contribution in [-0.4, -0.2) is 28.4 Å². The van der Waals surface area contributed by atoms with Gasteiger partial charge in [-0.05, 0) is 68.0 Å². The molecule has 1 N–H and O–H groups in total. The van der Waals surface area contributed by atoms with Crippen LogP contribution in [0.3, 0.4) is 0 Å². The lowest BCUT2D eigenvalue weighted by molar-refractivity contribution is 0.0547. The maximum absolute atomic E-state index is 13.3. The predicted octanol–water partition coefficient (Wildman–Crippen LogP) is 4.81. The van der Waals surface area contributed by atoms with Gasteiger partial charge in [0.1, 0.15) is 0 Å². The van der Waals surface area contributed by atoms with Crippen LogP contribution in [0.25, 0.3) is 10.9 Å². The molecule has 2 heterocycles. The molecule has 2 atom stereocenters. The highest BCUT2D eigenvalue weighted by molar-refractivity contribution is 5.98. The van der Waals surface area contributed by atoms with Gasteiger partial charge in [0.25, 0.3) is 5.91 Å². The van der Waals surface area contributed by atoms with E-state index < -0.39 is 0 Å². The zero-order valence-corrected chi connectivity index (χ0v) is 15.2. The number of nitrogens with zero attached hydrogens (tertiary/aromatic N) is 1. The van der Waals surface area contributed by atoms with Crippen molar-refractivity contribution in [3.8, 4) is 0 Å². The molecule has 1 saturated heterocycles. The highest BCUT2D eigenvalue weighted by Gasteiger charge is 2.38. The van der Waals surface area contributed by atoms with Gasteiger partial charge < -0.3 is 9.88 Å². The van der Waals surface area contributed by atoms with Crippen LogP contribution in [0.15, 0.2) is 48.5 Å². The second-order valence-corrected chi connectivity index (χ2v) is 7.81. The molecule has 0 saturated carbocycles. The van der Waals surface area contributed by atoms with Gasteiger partial charge in [-0.3, -0.25) is 4.79 Å². The molecular weight excluding hydrogens is 320 g/mol. The Balaban J connectivity index is 1.48. The minimum Gasteiger partial charge on any atom is -0.359 e. The van der Waals surface area contributed by atoms with Crippen LogP contribution in [0.4, 0.5) is 0 Å². The fraction of sp³-hybridized carbons (Fsp3) is 0.348. The lowest BCUT2D eigenvalue weighted by atomic mass is 9.74. The molecule has 132 valence electrons. The molecule has 5 rings (SSSR count). The van der Waals surface area contributed by atoms with Crippen molar-refractivity contribution in [3.63, 3.8) is 0 Å². The molecule has 0 radical (unpaired) electrons. The number of aromatic nitrogens is 1. The molecule has 1 fully saturated rings. The Morgan fingerprint density at radius 3 is 2.92 bits per heavy atom. The number of piperidine rings is 1. The Labute approximate surface area is 154 Å². The highest BCUT2D eigenvalue weighted by Crippen LogP contribution is 2.41. The molecule has 3 heteroatoms. The maximum Gasteiger partial charge on any atom is 0.254 e. The van der Waals surface area contributed by atoms with Gasteiger partial charge in [-0.2, -0.15) is 0 Å². The first kappa shape index (κ1) is 15.7. The van der Waals surface area contributed by atoms with Gasteiger partial charge in [0.05, 0.1) is 0 Å². The molecule has 1 amide bonds. The normalized spacial score (nSPS) is 22.1. The maximum atomic E-state index is 13.3. The van der Waals surface area contributed by atoms with Crippen molar-refractivity contribution in [3.05, 3.63) is 70.9 Å². The Hall–Kier alpha value is -2.55. The van der Waals surface area contributed by atoms with Crippen LogP contribution >= 0.6 is 0 Å². The lowest BCUT2D eigenvalue weighted by Crippen LogP contribution is -2.49. The van der Waals surface area contributed by atoms with Crippen molar-refractivity contribution in [2.75, 3.05) is 6.54 Å². The Kier molecular flexibility index (Phi) is 3.63. The molecule has 0 unspecified atom stereocenters. The second-order valence-electron chi connectivity index (χ2n) is 7.81. The van der Waals surface area contributed by atoms with E-state index in [1.807, 2.05) is 18.2 Å². The fourth-order valence-electron chi connectivity index (χ4n) is 5.03. The van der Waals surface area contributed by atoms with Gasteiger partial charge >= 0.3 is 0 Å². The number of hydrogen-bond acceptors (Lipinski definition) is 1. The standard InChI is InChI=1S/C23H24N2O/c1-15-13-18-14-17(8-10-21(18)24-15)23(26)25-12-4-7-20-19-6-3-2-5-16(19)9-11-22(20)25/h2-3,5-6,8,10,13-14,20,22,24H,4,7,9,11-12H2,1H3/t20-,22+/m1/s1. The average Bonchev–Trinajstić information content (AvgIpc) is 3.06. The summed E-state index contributed by atoms with van der Waals surface area (Å²) in [5, 5.41) is 1.12. The topological polar surface area (TPSA) is 36.1 Å². The summed E-state index contributed by atoms with van der Waals surface area (Å²) in [6.07, 6.45) is 4.45. The SMILES string of the molecule is Cc1cc2cc(C(=O)N3CCC[C@@H]4c5ccccc5CC[C@@H]43)ccc2[nH]1. The van der Waals surface area contributed by atoms with Gasteiger partial charge in [-0.1, -0.05) is 24.3 Å². The number of aryl methyl sites for hydroxylation is 2. The number of aromatic amines is 1. The quantitative estimate of drug-likeness (QED) is 0.675. The highest BCUT2D eigenvalue weighted by atomic mass is 16.2. The Morgan fingerprint density at radius 1 is 1.12 bits per heavy atom. The van der Waals surface area contributed by atoms with E-state index >= 15 is 0 Å². The number of hydrogen-bond donors (Lipinski definition) is 1. The van der Waals surface area contributed by atoms with E-state index in [1.165, 1.54) is 17.5 Å². The van der Waals surface area contributed by atoms with Gasteiger partial charge in [0.2, 0.25) is 0 Å². The Bertz CT molecular complexity index is 987. The average molecular weight is 344 g/mol. The first-order chi connectivity index (χ1) is 12.7. The summed E-state index contributed by atoms with van der Waals surface area (Å²) < 4.78 is 0. The minimum absolute atomic E-state index is 0.194. The van der Waals surface area contributed by atoms with E-state index in [-0.39, 0.29) is 5.91 Å². The number of nitrogens with one attached hydrogen (secondary N) is 1. The number of benzene rings is 2. The zero-order valence-electron chi connectivity index (χ0n) is 15.2. The molecule has 3 aromatic rings. The van der Waals surface area contributed by atoms with Crippen molar-refractivity contribution in [2.24, 2.45) is 0 Å². The summed E-state index contributed by atoms with van der Waals surface area (Å²) in [7, 11) is 0. The van der Waals surface area contributed by atoms with Crippen molar-refractivity contribution < 1.29 is 4.79 Å². The molecule has 0 spiro atoms. The number of carbonyl (C=O) groups is 1. The first-order valence-corrected chi connectivity index (χ1v) is 9.69. The summed E-state index contributed by atoms with van der Waals surface area (Å²) in [6.45, 7) is 2.93. The van der Waals surface area contributed by atoms with Gasteiger partial charge in [-0.25, -0.2) is 0 Å². The summed E-state index contributed by atoms with van der Waals surface area (Å²) in [4.78, 5) is 18.8. The summed E-state index contributed by atoms with van der Waals surface area (Å²) in [5.41, 5.74) is 6.00. The summed E-state index contributed by atoms with van der Waals surface area (Å²) >= 11 is 0. The number of fused-ring (bicyclic) bond motifs is 4. The molecule has 1 aliphatic heterocycles. The number of likely N-dealkylation sites (tertiary alicyclic amines) is 1. The number of amides is 1. The van der Waals surface area contributed by atoms with Crippen LogP contribution < -0.4 is 0 Å². The zero-order chi connectivity index (χ0) is 17.7. The largest absolute Gasteiger partial charge is 0.359 e. The molecule has 1 aromatic heterocycles. The van der Waals surface area contributed by atoms with Gasteiger partial charge in [0.15, 0.2) is 0 Å². The van der Waals surface area contributed by atoms with Crippen molar-refractivity contribution in [1.82, 2.24) is 9.88 Å². The molecular formula is C23H24N2O. The van der Waals surface area contributed by atoms with Crippen LogP contribution in [0.2, 0.25) is 0 Å². The van der Waals surface area contributed by atoms with Crippen LogP contribution in [0.1, 0.15) is 52.4 Å². The molecule has 3 nitrogen and oxygen atoms in total. The number of rotatable bonds is 1. The Morgan fingerprint density at radius 2 is 2.00 bits per heavy atom. The van der Waals surface area contributed by atoms with E-state index in [0.29, 0.717) is 12.0 Å². The monoisotopic (exact) mass is 344 g/mol. The van der Waals surface area contributed by atoms with Crippen LogP contribution in [0, 0.1) is 6.92 Å². The van der Waals surface area contributed by atoms with Crippen LogP contribution in [0.5, 0.6) is 0 Å². The molecule has 1 aliphatic carbocycles. The third-order valence-corrected chi connectivity index (χ3v) is 6.21. The van der Waals surface area contributed by atoms with E-state index in [9.17, 15) is 4.79 Å². The molecule has 2 aromatic carbocycles. The van der Waals surface area contributed by atoms with Crippen molar-refractivity contribution in [2.45, 2.75) is 44.6 Å². The number of carbonyl (C=O) groups excluding carboxylic acids is 1. The van der Waals surface area contributed by atoms with Gasteiger partial charge in [0, 0.05) is 40.7 Å². The lowest BCUT2D eigenvalue weighted by Gasteiger charge is -2.45. The third kappa shape index (κ3) is 2.45. The van der Waals surface area contributed by atoms with Crippen molar-refractivity contribution in [1.29, 1.82) is 0 Å². The second kappa shape index (κ2) is 6.01. The van der Waals surface area contributed by atoms with E-state index in [1.54, 1.807) is 0 Å². The van der Waals surface area contributed by atoms with E-state index in [0.717, 1.165) is 48.0 Å². The molecule has 0 bridgehead atoms. The van der Waals surface area contributed by atoms with Crippen molar-refractivity contribution >= 4 is 16.8 Å². The summed E-state index contributed by atoms with van der Waals surface area (Å²) in [5.74, 6) is 0.690. The minimum atomic E-state index is 0.194. The van der Waals surface area contributed by atoms with Gasteiger partial charge in [-0.15, -0.1) is 0 Å². The van der Waals surface area contributed by atoms with Crippen LogP contribution in [-0.2, 0) is 6.42 Å². The molecule has 26 heavy (non-hydrogen) atoms. The fourth-order valence-corrected chi connectivity index (χ4v) is 5.03. The summed E-state index contributed by atoms with van der Waals surface area (Å²) in [6, 6.07) is 17.3. The molecule has 2 aliphatic rings. The predicted molar refractivity (Wildman–Crippen MR) is 105 cm³/mol. The number of H-pyrrole nitrogens is 1. The first-order valence-electron chi connectivity index (χ1n) is 9.69.